The van der Waals surface area contributed by atoms with Gasteiger partial charge in [-0.15, -0.1) is 0 Å². The Kier molecular flexibility index (Phi) is 2.95. The van der Waals surface area contributed by atoms with Crippen LogP contribution >= 0.6 is 0 Å². The normalized spacial score (nSPS) is 18.9. The fourth-order valence-corrected chi connectivity index (χ4v) is 2.21. The van der Waals surface area contributed by atoms with Crippen molar-refractivity contribution in [2.75, 3.05) is 0 Å². The summed E-state index contributed by atoms with van der Waals surface area (Å²) in [7, 11) is 0. The highest BCUT2D eigenvalue weighted by atomic mass is 16.2. The number of fused-ring (bicyclic) bond motifs is 1. The standard InChI is InChI=1S/C14H16N2O2/c1-14(2)8-9-5-3-4-6-10(9)11(16-14)7-12(17)13(15)18/h3-7,16H,8H2,1-2H3,(H2,15,18). The Balaban J connectivity index is 2.48. The molecule has 0 atom stereocenters. The van der Waals surface area contributed by atoms with E-state index >= 15 is 0 Å². The highest BCUT2D eigenvalue weighted by Gasteiger charge is 2.27. The number of primary amides is 1. The molecule has 4 heteroatoms. The molecule has 0 unspecified atom stereocenters. The number of amides is 1. The van der Waals surface area contributed by atoms with Gasteiger partial charge in [-0.2, -0.15) is 0 Å². The van der Waals surface area contributed by atoms with Gasteiger partial charge >= 0.3 is 0 Å². The van der Waals surface area contributed by atoms with Crippen LogP contribution in [0.2, 0.25) is 0 Å². The third-order valence-electron chi connectivity index (χ3n) is 2.93. The lowest BCUT2D eigenvalue weighted by molar-refractivity contribution is -0.133. The largest absolute Gasteiger partial charge is 0.379 e. The van der Waals surface area contributed by atoms with Crippen molar-refractivity contribution in [1.29, 1.82) is 0 Å². The number of carbonyl (C=O) groups excluding carboxylic acids is 2. The number of hydrogen-bond acceptors (Lipinski definition) is 3. The highest BCUT2D eigenvalue weighted by Crippen LogP contribution is 2.29. The summed E-state index contributed by atoms with van der Waals surface area (Å²) in [6.07, 6.45) is 2.15. The molecule has 1 aliphatic rings. The summed E-state index contributed by atoms with van der Waals surface area (Å²) in [4.78, 5) is 22.3. The van der Waals surface area contributed by atoms with Crippen LogP contribution in [0.15, 0.2) is 30.3 Å². The number of rotatable bonds is 2. The van der Waals surface area contributed by atoms with Gasteiger partial charge in [-0.25, -0.2) is 0 Å². The van der Waals surface area contributed by atoms with Gasteiger partial charge in [0.2, 0.25) is 5.78 Å². The maximum absolute atomic E-state index is 11.4. The van der Waals surface area contributed by atoms with Crippen LogP contribution < -0.4 is 11.1 Å². The molecule has 0 saturated heterocycles. The Morgan fingerprint density at radius 3 is 2.67 bits per heavy atom. The molecule has 0 aliphatic carbocycles. The summed E-state index contributed by atoms with van der Waals surface area (Å²) >= 11 is 0. The van der Waals surface area contributed by atoms with Crippen LogP contribution in [0.1, 0.15) is 25.0 Å². The molecule has 1 aromatic rings. The van der Waals surface area contributed by atoms with E-state index in [0.29, 0.717) is 5.70 Å². The second-order valence-electron chi connectivity index (χ2n) is 5.13. The van der Waals surface area contributed by atoms with Crippen molar-refractivity contribution in [3.05, 3.63) is 41.5 Å². The lowest BCUT2D eigenvalue weighted by Gasteiger charge is -2.35. The summed E-state index contributed by atoms with van der Waals surface area (Å²) in [6.45, 7) is 4.09. The van der Waals surface area contributed by atoms with Gasteiger partial charge in [-0.1, -0.05) is 24.3 Å². The monoisotopic (exact) mass is 244 g/mol. The van der Waals surface area contributed by atoms with Gasteiger partial charge in [-0.05, 0) is 25.8 Å². The van der Waals surface area contributed by atoms with Crippen LogP contribution in [0.3, 0.4) is 0 Å². The van der Waals surface area contributed by atoms with E-state index in [4.69, 9.17) is 5.73 Å². The zero-order chi connectivity index (χ0) is 13.3. The van der Waals surface area contributed by atoms with Crippen molar-refractivity contribution in [3.8, 4) is 0 Å². The molecule has 1 amide bonds. The van der Waals surface area contributed by atoms with Crippen LogP contribution in [0.5, 0.6) is 0 Å². The first kappa shape index (κ1) is 12.4. The Labute approximate surface area is 106 Å². The summed E-state index contributed by atoms with van der Waals surface area (Å²) < 4.78 is 0. The van der Waals surface area contributed by atoms with Crippen molar-refractivity contribution in [3.63, 3.8) is 0 Å². The number of nitrogens with two attached hydrogens (primary N) is 1. The van der Waals surface area contributed by atoms with E-state index in [0.717, 1.165) is 17.5 Å². The molecule has 0 fully saturated rings. The van der Waals surface area contributed by atoms with Crippen molar-refractivity contribution in [1.82, 2.24) is 5.32 Å². The van der Waals surface area contributed by atoms with Crippen molar-refractivity contribution in [2.45, 2.75) is 25.8 Å². The van der Waals surface area contributed by atoms with Gasteiger partial charge < -0.3 is 11.1 Å². The van der Waals surface area contributed by atoms with Crippen molar-refractivity contribution < 1.29 is 9.59 Å². The van der Waals surface area contributed by atoms with Crippen LogP contribution in [-0.2, 0) is 16.0 Å². The Morgan fingerprint density at radius 2 is 2.00 bits per heavy atom. The maximum atomic E-state index is 11.4. The van der Waals surface area contributed by atoms with Gasteiger partial charge in [0.05, 0.1) is 0 Å². The molecule has 0 bridgehead atoms. The minimum Gasteiger partial charge on any atom is -0.379 e. The van der Waals surface area contributed by atoms with E-state index < -0.39 is 11.7 Å². The topological polar surface area (TPSA) is 72.2 Å². The molecular formula is C14H16N2O2. The van der Waals surface area contributed by atoms with E-state index in [-0.39, 0.29) is 5.54 Å². The minimum absolute atomic E-state index is 0.155. The average molecular weight is 244 g/mol. The van der Waals surface area contributed by atoms with Crippen molar-refractivity contribution in [2.24, 2.45) is 5.73 Å². The molecule has 0 aromatic heterocycles. The molecule has 3 N–H and O–H groups in total. The molecule has 1 aliphatic heterocycles. The van der Waals surface area contributed by atoms with E-state index in [1.54, 1.807) is 0 Å². The minimum atomic E-state index is -0.940. The van der Waals surface area contributed by atoms with E-state index in [2.05, 4.69) is 5.32 Å². The fourth-order valence-electron chi connectivity index (χ4n) is 2.21. The second-order valence-corrected chi connectivity index (χ2v) is 5.13. The first-order valence-electron chi connectivity index (χ1n) is 5.81. The number of carbonyl (C=O) groups is 2. The summed E-state index contributed by atoms with van der Waals surface area (Å²) in [6, 6.07) is 7.83. The van der Waals surface area contributed by atoms with Gasteiger partial charge in [0, 0.05) is 22.9 Å². The molecule has 4 nitrogen and oxygen atoms in total. The molecule has 0 saturated carbocycles. The van der Waals surface area contributed by atoms with Crippen molar-refractivity contribution >= 4 is 17.4 Å². The number of ketones is 1. The van der Waals surface area contributed by atoms with Crippen LogP contribution in [0.25, 0.3) is 5.70 Å². The first-order chi connectivity index (χ1) is 8.39. The number of hydrogen-bond donors (Lipinski definition) is 2. The van der Waals surface area contributed by atoms with Gasteiger partial charge in [0.15, 0.2) is 0 Å². The maximum Gasteiger partial charge on any atom is 0.289 e. The number of nitrogens with one attached hydrogen (secondary N) is 1. The van der Waals surface area contributed by atoms with Gasteiger partial charge in [-0.3, -0.25) is 9.59 Å². The van der Waals surface area contributed by atoms with Crippen LogP contribution in [0.4, 0.5) is 0 Å². The molecule has 18 heavy (non-hydrogen) atoms. The second kappa shape index (κ2) is 4.29. The highest BCUT2D eigenvalue weighted by molar-refractivity contribution is 6.41. The molecule has 2 rings (SSSR count). The molecule has 0 spiro atoms. The lowest BCUT2D eigenvalue weighted by Crippen LogP contribution is -2.44. The zero-order valence-electron chi connectivity index (χ0n) is 10.5. The molecule has 0 radical (unpaired) electrons. The molecule has 1 aromatic carbocycles. The predicted molar refractivity (Wildman–Crippen MR) is 69.5 cm³/mol. The summed E-state index contributed by atoms with van der Waals surface area (Å²) in [5, 5.41) is 3.27. The van der Waals surface area contributed by atoms with Crippen LogP contribution in [0, 0.1) is 0 Å². The zero-order valence-corrected chi connectivity index (χ0v) is 10.5. The Bertz CT molecular complexity index is 544. The average Bonchev–Trinajstić information content (AvgIpc) is 2.27. The molecular weight excluding hydrogens is 228 g/mol. The Hall–Kier alpha value is -2.10. The molecule has 1 heterocycles. The SMILES string of the molecule is CC1(C)Cc2ccccc2C(=CC(=O)C(N)=O)N1. The van der Waals surface area contributed by atoms with Gasteiger partial charge in [0.25, 0.3) is 5.91 Å². The first-order valence-corrected chi connectivity index (χ1v) is 5.81. The summed E-state index contributed by atoms with van der Waals surface area (Å²) in [5.41, 5.74) is 7.59. The Morgan fingerprint density at radius 1 is 1.33 bits per heavy atom. The van der Waals surface area contributed by atoms with E-state index in [1.807, 2.05) is 38.1 Å². The molecule has 94 valence electrons. The fraction of sp³-hybridized carbons (Fsp3) is 0.286. The number of benzene rings is 1. The quantitative estimate of drug-likeness (QED) is 0.602. The predicted octanol–water partition coefficient (Wildman–Crippen LogP) is 1.01. The van der Waals surface area contributed by atoms with Crippen LogP contribution in [-0.4, -0.2) is 17.2 Å². The third kappa shape index (κ3) is 2.42. The summed E-state index contributed by atoms with van der Waals surface area (Å²) in [5.74, 6) is -1.63. The van der Waals surface area contributed by atoms with Gasteiger partial charge in [0.1, 0.15) is 0 Å². The van der Waals surface area contributed by atoms with E-state index in [9.17, 15) is 9.59 Å². The third-order valence-corrected chi connectivity index (χ3v) is 2.93. The smallest absolute Gasteiger partial charge is 0.289 e. The van der Waals surface area contributed by atoms with E-state index in [1.165, 1.54) is 6.08 Å². The lowest BCUT2D eigenvalue weighted by atomic mass is 9.85.